The number of primary sulfonamides is 1. The molecule has 0 aliphatic carbocycles. The van der Waals surface area contributed by atoms with Crippen LogP contribution >= 0.6 is 0 Å². The van der Waals surface area contributed by atoms with Crippen molar-refractivity contribution < 1.29 is 17.9 Å². The normalized spacial score (nSPS) is 18.2. The van der Waals surface area contributed by atoms with Crippen LogP contribution < -0.4 is 14.8 Å². The van der Waals surface area contributed by atoms with Crippen LogP contribution in [0.5, 0.6) is 11.5 Å². The van der Waals surface area contributed by atoms with Gasteiger partial charge in [0.05, 0.1) is 0 Å². The van der Waals surface area contributed by atoms with Crippen LogP contribution in [-0.2, 0) is 14.8 Å². The molecule has 6 nitrogen and oxygen atoms in total. The molecule has 1 amide bonds. The lowest BCUT2D eigenvalue weighted by Crippen LogP contribution is -2.32. The van der Waals surface area contributed by atoms with Crippen molar-refractivity contribution in [2.24, 2.45) is 5.14 Å². The maximum atomic E-state index is 12.0. The molecule has 0 spiro atoms. The van der Waals surface area contributed by atoms with Crippen LogP contribution in [0.3, 0.4) is 0 Å². The zero-order valence-electron chi connectivity index (χ0n) is 12.3. The maximum absolute atomic E-state index is 12.0. The topological polar surface area (TPSA) is 89.7 Å². The molecule has 0 radical (unpaired) electrons. The molecule has 1 unspecified atom stereocenters. The van der Waals surface area contributed by atoms with Crippen molar-refractivity contribution in [2.75, 3.05) is 11.4 Å². The Morgan fingerprint density at radius 2 is 1.61 bits per heavy atom. The van der Waals surface area contributed by atoms with Crippen molar-refractivity contribution in [3.05, 3.63) is 54.6 Å². The Balaban J connectivity index is 1.74. The highest BCUT2D eigenvalue weighted by Crippen LogP contribution is 2.28. The number of benzene rings is 2. The first-order valence-corrected chi connectivity index (χ1v) is 8.69. The molecule has 1 aliphatic heterocycles. The van der Waals surface area contributed by atoms with Crippen LogP contribution in [0.4, 0.5) is 5.69 Å². The molecule has 1 heterocycles. The number of amides is 1. The summed E-state index contributed by atoms with van der Waals surface area (Å²) in [5, 5.41) is 4.28. The van der Waals surface area contributed by atoms with E-state index in [0.29, 0.717) is 17.2 Å². The van der Waals surface area contributed by atoms with Gasteiger partial charge in [-0.25, -0.2) is 13.6 Å². The van der Waals surface area contributed by atoms with E-state index in [2.05, 4.69) is 0 Å². The minimum absolute atomic E-state index is 0.0799. The van der Waals surface area contributed by atoms with Crippen molar-refractivity contribution in [2.45, 2.75) is 11.7 Å². The Labute approximate surface area is 134 Å². The van der Waals surface area contributed by atoms with Crippen LogP contribution in [0.1, 0.15) is 6.42 Å². The molecular formula is C16H16N2O4S. The molecule has 0 bridgehead atoms. The van der Waals surface area contributed by atoms with Gasteiger partial charge in [0.15, 0.2) is 0 Å². The number of hydrogen-bond donors (Lipinski definition) is 1. The van der Waals surface area contributed by atoms with Gasteiger partial charge in [0, 0.05) is 18.7 Å². The van der Waals surface area contributed by atoms with E-state index in [1.807, 2.05) is 30.3 Å². The molecule has 1 atom stereocenters. The lowest BCUT2D eigenvalue weighted by atomic mass is 10.2. The smallest absolute Gasteiger partial charge is 0.228 e. The monoisotopic (exact) mass is 332 g/mol. The zero-order valence-corrected chi connectivity index (χ0v) is 13.1. The van der Waals surface area contributed by atoms with E-state index >= 15 is 0 Å². The first-order valence-electron chi connectivity index (χ1n) is 7.08. The number of ether oxygens (including phenoxy) is 1. The number of nitrogens with zero attached hydrogens (tertiary/aromatic N) is 1. The van der Waals surface area contributed by atoms with Crippen LogP contribution in [0.15, 0.2) is 54.6 Å². The second-order valence-corrected chi connectivity index (χ2v) is 7.17. The summed E-state index contributed by atoms with van der Waals surface area (Å²) in [7, 11) is -3.71. The van der Waals surface area contributed by atoms with Gasteiger partial charge in [0.2, 0.25) is 15.9 Å². The molecule has 1 saturated heterocycles. The largest absolute Gasteiger partial charge is 0.457 e. The van der Waals surface area contributed by atoms with Gasteiger partial charge >= 0.3 is 0 Å². The lowest BCUT2D eigenvalue weighted by molar-refractivity contribution is -0.117. The number of carbonyl (C=O) groups excluding carboxylic acids is 1. The van der Waals surface area contributed by atoms with Gasteiger partial charge in [-0.3, -0.25) is 4.79 Å². The van der Waals surface area contributed by atoms with E-state index in [9.17, 15) is 13.2 Å². The fraction of sp³-hybridized carbons (Fsp3) is 0.188. The molecule has 1 aliphatic rings. The Kier molecular flexibility index (Phi) is 4.06. The number of anilines is 1. The summed E-state index contributed by atoms with van der Waals surface area (Å²) in [5.74, 6) is 1.10. The minimum Gasteiger partial charge on any atom is -0.457 e. The highest BCUT2D eigenvalue weighted by molar-refractivity contribution is 7.89. The van der Waals surface area contributed by atoms with Gasteiger partial charge in [-0.15, -0.1) is 0 Å². The second kappa shape index (κ2) is 6.02. The van der Waals surface area contributed by atoms with Gasteiger partial charge < -0.3 is 9.64 Å². The third-order valence-corrected chi connectivity index (χ3v) is 4.93. The van der Waals surface area contributed by atoms with E-state index in [-0.39, 0.29) is 18.9 Å². The number of carbonyl (C=O) groups is 1. The number of nitrogens with two attached hydrogens (primary N) is 1. The summed E-state index contributed by atoms with van der Waals surface area (Å²) in [4.78, 5) is 13.4. The molecule has 2 aromatic carbocycles. The van der Waals surface area contributed by atoms with Crippen LogP contribution in [-0.4, -0.2) is 26.1 Å². The van der Waals surface area contributed by atoms with Crippen molar-refractivity contribution in [3.8, 4) is 11.5 Å². The fourth-order valence-electron chi connectivity index (χ4n) is 2.46. The molecule has 3 rings (SSSR count). The second-order valence-electron chi connectivity index (χ2n) is 5.33. The Morgan fingerprint density at radius 1 is 1.00 bits per heavy atom. The molecule has 0 aromatic heterocycles. The van der Waals surface area contributed by atoms with Gasteiger partial charge in [-0.05, 0) is 36.4 Å². The molecular weight excluding hydrogens is 316 g/mol. The van der Waals surface area contributed by atoms with Crippen molar-refractivity contribution >= 4 is 21.6 Å². The van der Waals surface area contributed by atoms with Crippen molar-refractivity contribution in [1.82, 2.24) is 0 Å². The fourth-order valence-corrected chi connectivity index (χ4v) is 3.19. The summed E-state index contributed by atoms with van der Waals surface area (Å²) in [6.45, 7) is 0.0799. The molecule has 1 fully saturated rings. The van der Waals surface area contributed by atoms with E-state index in [1.165, 1.54) is 4.90 Å². The third kappa shape index (κ3) is 3.52. The molecule has 120 valence electrons. The standard InChI is InChI=1S/C16H16N2O4S/c17-23(20,21)15-10-16(19)18(11-15)12-6-8-14(9-7-12)22-13-4-2-1-3-5-13/h1-9,15H,10-11H2,(H2,17,20,21). The highest BCUT2D eigenvalue weighted by Gasteiger charge is 2.37. The molecule has 7 heteroatoms. The number of sulfonamides is 1. The van der Waals surface area contributed by atoms with Gasteiger partial charge in [-0.1, -0.05) is 18.2 Å². The minimum atomic E-state index is -3.71. The quantitative estimate of drug-likeness (QED) is 0.925. The average Bonchev–Trinajstić information content (AvgIpc) is 2.91. The maximum Gasteiger partial charge on any atom is 0.228 e. The van der Waals surface area contributed by atoms with Crippen molar-refractivity contribution in [3.63, 3.8) is 0 Å². The Hall–Kier alpha value is -2.38. The van der Waals surface area contributed by atoms with Gasteiger partial charge in [0.1, 0.15) is 16.7 Å². The number of para-hydroxylation sites is 1. The van der Waals surface area contributed by atoms with Gasteiger partial charge in [0.25, 0.3) is 0 Å². The summed E-state index contributed by atoms with van der Waals surface area (Å²) in [6.07, 6.45) is -0.0822. The summed E-state index contributed by atoms with van der Waals surface area (Å²) in [5.41, 5.74) is 0.626. The summed E-state index contributed by atoms with van der Waals surface area (Å²) in [6, 6.07) is 16.3. The molecule has 2 N–H and O–H groups in total. The van der Waals surface area contributed by atoms with E-state index in [1.54, 1.807) is 24.3 Å². The van der Waals surface area contributed by atoms with E-state index < -0.39 is 15.3 Å². The molecule has 23 heavy (non-hydrogen) atoms. The summed E-state index contributed by atoms with van der Waals surface area (Å²) >= 11 is 0. The van der Waals surface area contributed by atoms with Crippen LogP contribution in [0.25, 0.3) is 0 Å². The third-order valence-electron chi connectivity index (χ3n) is 3.68. The van der Waals surface area contributed by atoms with Crippen LogP contribution in [0, 0.1) is 0 Å². The van der Waals surface area contributed by atoms with Crippen molar-refractivity contribution in [1.29, 1.82) is 0 Å². The summed E-state index contributed by atoms with van der Waals surface area (Å²) < 4.78 is 28.5. The highest BCUT2D eigenvalue weighted by atomic mass is 32.2. The van der Waals surface area contributed by atoms with Crippen LogP contribution in [0.2, 0.25) is 0 Å². The van der Waals surface area contributed by atoms with E-state index in [0.717, 1.165) is 0 Å². The number of rotatable bonds is 4. The first-order chi connectivity index (χ1) is 10.9. The van der Waals surface area contributed by atoms with E-state index in [4.69, 9.17) is 9.88 Å². The average molecular weight is 332 g/mol. The lowest BCUT2D eigenvalue weighted by Gasteiger charge is -2.16. The molecule has 2 aromatic rings. The zero-order chi connectivity index (χ0) is 16.4. The Morgan fingerprint density at radius 3 is 2.17 bits per heavy atom. The Bertz CT molecular complexity index is 804. The number of hydrogen-bond acceptors (Lipinski definition) is 4. The predicted octanol–water partition coefficient (Wildman–Crippen LogP) is 1.87. The first kappa shape index (κ1) is 15.5. The molecule has 0 saturated carbocycles. The van der Waals surface area contributed by atoms with Gasteiger partial charge in [-0.2, -0.15) is 0 Å². The predicted molar refractivity (Wildman–Crippen MR) is 86.8 cm³/mol. The SMILES string of the molecule is NS(=O)(=O)C1CC(=O)N(c2ccc(Oc3ccccc3)cc2)C1.